The summed E-state index contributed by atoms with van der Waals surface area (Å²) < 4.78 is 22.4. The average Bonchev–Trinajstić information content (AvgIpc) is 3.27. The predicted octanol–water partition coefficient (Wildman–Crippen LogP) is 3.29. The number of anilines is 1. The molecule has 182 valence electrons. The molecule has 0 aliphatic carbocycles. The lowest BCUT2D eigenvalue weighted by atomic mass is 10.1. The van der Waals surface area contributed by atoms with E-state index < -0.39 is 12.0 Å². The summed E-state index contributed by atoms with van der Waals surface area (Å²) in [7, 11) is 3.67. The number of morpholine rings is 1. The fourth-order valence-corrected chi connectivity index (χ4v) is 4.52. The summed E-state index contributed by atoms with van der Waals surface area (Å²) in [6.07, 6.45) is 4.23. The predicted molar refractivity (Wildman–Crippen MR) is 135 cm³/mol. The molecule has 0 radical (unpaired) electrons. The van der Waals surface area contributed by atoms with Crippen molar-refractivity contribution in [2.24, 2.45) is 0 Å². The molecule has 0 saturated carbocycles. The fourth-order valence-electron chi connectivity index (χ4n) is 4.52. The van der Waals surface area contributed by atoms with Crippen LogP contribution in [0.25, 0.3) is 22.2 Å². The first-order valence-corrected chi connectivity index (χ1v) is 11.6. The number of aryl methyl sites for hydroxylation is 1. The number of fused-ring (bicyclic) bond motifs is 1. The maximum Gasteiger partial charge on any atom is 0.252 e. The first-order valence-electron chi connectivity index (χ1n) is 11.6. The van der Waals surface area contributed by atoms with Crippen LogP contribution in [-0.2, 0) is 4.74 Å². The van der Waals surface area contributed by atoms with E-state index in [1.165, 1.54) is 16.8 Å². The van der Waals surface area contributed by atoms with Crippen LogP contribution >= 0.6 is 0 Å². The van der Waals surface area contributed by atoms with E-state index in [1.54, 1.807) is 11.2 Å². The number of hydrogen-bond donors (Lipinski definition) is 2. The molecule has 35 heavy (non-hydrogen) atoms. The van der Waals surface area contributed by atoms with Gasteiger partial charge in [-0.25, -0.2) is 19.8 Å². The van der Waals surface area contributed by atoms with Gasteiger partial charge in [-0.2, -0.15) is 0 Å². The molecule has 0 bridgehead atoms. The Labute approximate surface area is 202 Å². The number of aromatic nitrogens is 3. The van der Waals surface area contributed by atoms with Gasteiger partial charge in [-0.15, -0.1) is 0 Å². The van der Waals surface area contributed by atoms with Gasteiger partial charge in [0.15, 0.2) is 0 Å². The van der Waals surface area contributed by atoms with Gasteiger partial charge in [0, 0.05) is 62.2 Å². The number of ether oxygens (including phenoxy) is 1. The second-order valence-corrected chi connectivity index (χ2v) is 9.01. The third-order valence-electron chi connectivity index (χ3n) is 6.23. The van der Waals surface area contributed by atoms with E-state index in [-0.39, 0.29) is 11.1 Å². The number of rotatable bonds is 6. The highest BCUT2D eigenvalue weighted by atomic mass is 19.1. The Morgan fingerprint density at radius 1 is 1.17 bits per heavy atom. The van der Waals surface area contributed by atoms with E-state index in [2.05, 4.69) is 20.3 Å². The largest absolute Gasteiger partial charge is 0.378 e. The molecule has 2 N–H and O–H groups in total. The molecule has 8 nitrogen and oxygen atoms in total. The minimum Gasteiger partial charge on any atom is -0.378 e. The Balaban J connectivity index is 1.57. The first-order chi connectivity index (χ1) is 16.9. The van der Waals surface area contributed by atoms with E-state index in [4.69, 9.17) is 4.74 Å². The van der Waals surface area contributed by atoms with Crippen LogP contribution in [0.4, 0.5) is 10.1 Å². The van der Waals surface area contributed by atoms with Crippen molar-refractivity contribution >= 4 is 16.7 Å². The van der Waals surface area contributed by atoms with Crippen LogP contribution < -0.4 is 15.9 Å². The molecule has 0 amide bonds. The van der Waals surface area contributed by atoms with E-state index in [1.807, 2.05) is 57.5 Å². The highest BCUT2D eigenvalue weighted by Crippen LogP contribution is 2.32. The van der Waals surface area contributed by atoms with Crippen molar-refractivity contribution in [1.29, 1.82) is 0 Å². The minimum atomic E-state index is -0.557. The smallest absolute Gasteiger partial charge is 0.252 e. The SMILES string of the molecule is Cc1cccc([C@@H](NN(C)C)n2cc(F)c(-c3c[nH]c4ncc(N5CCOCC5)cc34)cc2=O)c1. The average molecular weight is 477 g/mol. The summed E-state index contributed by atoms with van der Waals surface area (Å²) in [6.45, 7) is 4.86. The third-order valence-corrected chi connectivity index (χ3v) is 6.23. The summed E-state index contributed by atoms with van der Waals surface area (Å²) in [4.78, 5) is 23.1. The Morgan fingerprint density at radius 2 is 1.97 bits per heavy atom. The van der Waals surface area contributed by atoms with Crippen molar-refractivity contribution < 1.29 is 9.13 Å². The van der Waals surface area contributed by atoms with Crippen LogP contribution in [0.1, 0.15) is 17.3 Å². The Hall–Kier alpha value is -3.53. The number of nitrogens with zero attached hydrogens (tertiary/aromatic N) is 4. The molecule has 1 saturated heterocycles. The molecular formula is C26H29FN6O2. The van der Waals surface area contributed by atoms with Gasteiger partial charge in [-0.05, 0) is 18.6 Å². The summed E-state index contributed by atoms with van der Waals surface area (Å²) in [5.41, 5.74) is 7.28. The summed E-state index contributed by atoms with van der Waals surface area (Å²) in [5.74, 6) is -0.486. The van der Waals surface area contributed by atoms with E-state index in [9.17, 15) is 4.79 Å². The van der Waals surface area contributed by atoms with Crippen LogP contribution in [0.15, 0.2) is 59.8 Å². The van der Waals surface area contributed by atoms with Crippen LogP contribution in [-0.4, -0.2) is 59.9 Å². The van der Waals surface area contributed by atoms with E-state index >= 15 is 4.39 Å². The van der Waals surface area contributed by atoms with Gasteiger partial charge in [0.25, 0.3) is 5.56 Å². The number of pyridine rings is 2. The molecule has 4 heterocycles. The lowest BCUT2D eigenvalue weighted by Gasteiger charge is -2.28. The topological polar surface area (TPSA) is 78.4 Å². The van der Waals surface area contributed by atoms with Crippen LogP contribution in [0, 0.1) is 12.7 Å². The first kappa shape index (κ1) is 23.2. The molecule has 0 spiro atoms. The zero-order valence-corrected chi connectivity index (χ0v) is 20.1. The van der Waals surface area contributed by atoms with Gasteiger partial charge in [0.2, 0.25) is 0 Å². The molecule has 0 unspecified atom stereocenters. The molecule has 3 aromatic heterocycles. The standard InChI is InChI=1S/C26H29FN6O2/c1-17-5-4-6-18(11-17)26(30-31(2)3)33-16-23(27)20(13-24(33)34)22-15-29-25-21(22)12-19(14-28-25)32-7-9-35-10-8-32/h4-6,11-16,26,30H,7-10H2,1-3H3,(H,28,29)/t26-/m0/s1. The number of hydrazine groups is 1. The number of benzene rings is 1. The highest BCUT2D eigenvalue weighted by molar-refractivity contribution is 5.95. The van der Waals surface area contributed by atoms with Gasteiger partial charge < -0.3 is 14.6 Å². The molecular weight excluding hydrogens is 447 g/mol. The van der Waals surface area contributed by atoms with Gasteiger partial charge >= 0.3 is 0 Å². The number of nitrogens with one attached hydrogen (secondary N) is 2. The number of halogens is 1. The monoisotopic (exact) mass is 476 g/mol. The molecule has 1 aliphatic heterocycles. The molecule has 5 rings (SSSR count). The van der Waals surface area contributed by atoms with E-state index in [0.717, 1.165) is 35.3 Å². The fraction of sp³-hybridized carbons (Fsp3) is 0.308. The molecule has 1 fully saturated rings. The van der Waals surface area contributed by atoms with Crippen LogP contribution in [0.5, 0.6) is 0 Å². The zero-order chi connectivity index (χ0) is 24.5. The van der Waals surface area contributed by atoms with Crippen molar-refractivity contribution in [3.8, 4) is 11.1 Å². The van der Waals surface area contributed by atoms with Gasteiger partial charge in [0.1, 0.15) is 17.6 Å². The number of hydrogen-bond acceptors (Lipinski definition) is 6. The van der Waals surface area contributed by atoms with Crippen LogP contribution in [0.3, 0.4) is 0 Å². The lowest BCUT2D eigenvalue weighted by molar-refractivity contribution is 0.122. The molecule has 1 aromatic carbocycles. The van der Waals surface area contributed by atoms with Crippen molar-refractivity contribution in [1.82, 2.24) is 25.0 Å². The van der Waals surface area contributed by atoms with Crippen molar-refractivity contribution in [3.05, 3.63) is 82.3 Å². The van der Waals surface area contributed by atoms with Gasteiger partial charge in [0.05, 0.1) is 25.1 Å². The number of H-pyrrole nitrogens is 1. The molecule has 9 heteroatoms. The second kappa shape index (κ2) is 9.61. The zero-order valence-electron chi connectivity index (χ0n) is 20.1. The quantitative estimate of drug-likeness (QED) is 0.416. The van der Waals surface area contributed by atoms with E-state index in [0.29, 0.717) is 24.4 Å². The maximum absolute atomic E-state index is 15.6. The normalized spacial score (nSPS) is 15.2. The highest BCUT2D eigenvalue weighted by Gasteiger charge is 2.21. The summed E-state index contributed by atoms with van der Waals surface area (Å²) >= 11 is 0. The molecule has 1 aliphatic rings. The van der Waals surface area contributed by atoms with Crippen molar-refractivity contribution in [2.75, 3.05) is 45.3 Å². The van der Waals surface area contributed by atoms with Crippen molar-refractivity contribution in [3.63, 3.8) is 0 Å². The Bertz CT molecular complexity index is 1410. The summed E-state index contributed by atoms with van der Waals surface area (Å²) in [5, 5.41) is 2.52. The maximum atomic E-state index is 15.6. The molecule has 4 aromatic rings. The Morgan fingerprint density at radius 3 is 2.71 bits per heavy atom. The minimum absolute atomic E-state index is 0.242. The Kier molecular flexibility index (Phi) is 6.38. The lowest BCUT2D eigenvalue weighted by Crippen LogP contribution is -2.41. The third kappa shape index (κ3) is 4.70. The summed E-state index contributed by atoms with van der Waals surface area (Å²) in [6, 6.07) is 11.2. The van der Waals surface area contributed by atoms with Gasteiger partial charge in [-0.1, -0.05) is 29.8 Å². The second-order valence-electron chi connectivity index (χ2n) is 9.01. The number of aromatic amines is 1. The molecule has 1 atom stereocenters. The van der Waals surface area contributed by atoms with Crippen LogP contribution in [0.2, 0.25) is 0 Å². The van der Waals surface area contributed by atoms with Crippen molar-refractivity contribution in [2.45, 2.75) is 13.1 Å². The van der Waals surface area contributed by atoms with Gasteiger partial charge in [-0.3, -0.25) is 9.36 Å².